The van der Waals surface area contributed by atoms with Gasteiger partial charge in [0.1, 0.15) is 5.82 Å². The fourth-order valence-electron chi connectivity index (χ4n) is 3.30. The number of rotatable bonds is 7. The molecule has 1 saturated carbocycles. The molecule has 3 rings (SSSR count). The van der Waals surface area contributed by atoms with Crippen molar-refractivity contribution in [2.75, 3.05) is 16.9 Å². The van der Waals surface area contributed by atoms with E-state index in [9.17, 15) is 13.2 Å². The van der Waals surface area contributed by atoms with Crippen LogP contribution in [-0.4, -0.2) is 42.6 Å². The largest absolute Gasteiger partial charge is 0.366 e. The van der Waals surface area contributed by atoms with Crippen LogP contribution in [0.1, 0.15) is 36.0 Å². The Kier molecular flexibility index (Phi) is 6.70. The number of carbonyl (C=O) groups is 1. The number of hydrogen-bond acceptors (Lipinski definition) is 7. The van der Waals surface area contributed by atoms with Gasteiger partial charge in [0.25, 0.3) is 5.91 Å². The van der Waals surface area contributed by atoms with Crippen molar-refractivity contribution >= 4 is 49.3 Å². The molecule has 1 amide bonds. The van der Waals surface area contributed by atoms with Gasteiger partial charge in [-0.15, -0.1) is 0 Å². The lowest BCUT2D eigenvalue weighted by atomic mass is 9.92. The van der Waals surface area contributed by atoms with E-state index in [-0.39, 0.29) is 12.1 Å². The van der Waals surface area contributed by atoms with E-state index in [2.05, 4.69) is 41.3 Å². The summed E-state index contributed by atoms with van der Waals surface area (Å²) in [4.78, 5) is 20.4. The topological polar surface area (TPSA) is 139 Å². The second-order valence-corrected chi connectivity index (χ2v) is 9.64. The van der Waals surface area contributed by atoms with Crippen molar-refractivity contribution in [1.29, 1.82) is 0 Å². The molecule has 0 aliphatic heterocycles. The Hall–Kier alpha value is -2.24. The third kappa shape index (κ3) is 6.12. The van der Waals surface area contributed by atoms with E-state index in [0.29, 0.717) is 27.5 Å². The lowest BCUT2D eigenvalue weighted by molar-refractivity contribution is 0.100. The number of nitrogens with one attached hydrogen (secondary N) is 3. The third-order valence-electron chi connectivity index (χ3n) is 4.63. The lowest BCUT2D eigenvalue weighted by Gasteiger charge is -2.29. The maximum atomic E-state index is 11.6. The van der Waals surface area contributed by atoms with E-state index in [1.807, 2.05) is 0 Å². The summed E-state index contributed by atoms with van der Waals surface area (Å²) in [5.41, 5.74) is 6.35. The molecular formula is C18H23BrN6O3S. The van der Waals surface area contributed by atoms with Crippen LogP contribution < -0.4 is 21.1 Å². The molecule has 11 heteroatoms. The molecule has 1 aliphatic carbocycles. The first-order chi connectivity index (χ1) is 13.7. The fraction of sp³-hybridized carbons (Fsp3) is 0.389. The third-order valence-corrected chi connectivity index (χ3v) is 5.97. The molecule has 0 saturated heterocycles. The highest BCUT2D eigenvalue weighted by Gasteiger charge is 2.24. The molecule has 1 heterocycles. The van der Waals surface area contributed by atoms with Crippen molar-refractivity contribution < 1.29 is 13.2 Å². The van der Waals surface area contributed by atoms with Crippen LogP contribution in [0.15, 0.2) is 34.9 Å². The zero-order valence-electron chi connectivity index (χ0n) is 15.9. The minimum Gasteiger partial charge on any atom is -0.366 e. The van der Waals surface area contributed by atoms with Crippen LogP contribution >= 0.6 is 15.9 Å². The van der Waals surface area contributed by atoms with Gasteiger partial charge in [-0.1, -0.05) is 12.1 Å². The predicted molar refractivity (Wildman–Crippen MR) is 116 cm³/mol. The Morgan fingerprint density at radius 2 is 1.83 bits per heavy atom. The summed E-state index contributed by atoms with van der Waals surface area (Å²) in [6.07, 6.45) is 5.91. The SMILES string of the molecule is CS(=O)(=O)NC1CCC(Nc2ncc(Br)c(Nc3ccccc3C(N)=O)n2)CC1. The first-order valence-corrected chi connectivity index (χ1v) is 11.8. The van der Waals surface area contributed by atoms with Crippen molar-refractivity contribution in [3.8, 4) is 0 Å². The number of para-hydroxylation sites is 1. The molecule has 1 fully saturated rings. The van der Waals surface area contributed by atoms with Gasteiger partial charge >= 0.3 is 0 Å². The van der Waals surface area contributed by atoms with Crippen LogP contribution in [0, 0.1) is 0 Å². The molecule has 0 spiro atoms. The second-order valence-electron chi connectivity index (χ2n) is 7.01. The lowest BCUT2D eigenvalue weighted by Crippen LogP contribution is -2.39. The van der Waals surface area contributed by atoms with E-state index in [4.69, 9.17) is 5.73 Å². The zero-order valence-corrected chi connectivity index (χ0v) is 18.3. The first kappa shape index (κ1) is 21.5. The zero-order chi connectivity index (χ0) is 21.0. The van der Waals surface area contributed by atoms with Crippen molar-refractivity contribution in [3.63, 3.8) is 0 Å². The first-order valence-electron chi connectivity index (χ1n) is 9.13. The average Bonchev–Trinajstić information content (AvgIpc) is 2.65. The molecule has 1 aromatic heterocycles. The number of benzene rings is 1. The molecule has 0 bridgehead atoms. The van der Waals surface area contributed by atoms with Gasteiger partial charge in [-0.2, -0.15) is 4.98 Å². The number of hydrogen-bond donors (Lipinski definition) is 4. The molecule has 0 atom stereocenters. The van der Waals surface area contributed by atoms with Crippen LogP contribution in [-0.2, 0) is 10.0 Å². The predicted octanol–water partition coefficient (Wildman–Crippen LogP) is 2.35. The maximum Gasteiger partial charge on any atom is 0.250 e. The molecule has 1 aromatic carbocycles. The molecule has 29 heavy (non-hydrogen) atoms. The summed E-state index contributed by atoms with van der Waals surface area (Å²) < 4.78 is 26.0. The van der Waals surface area contributed by atoms with Gasteiger partial charge in [-0.05, 0) is 53.7 Å². The number of primary amides is 1. The summed E-state index contributed by atoms with van der Waals surface area (Å²) >= 11 is 3.41. The Morgan fingerprint density at radius 3 is 2.48 bits per heavy atom. The Labute approximate surface area is 178 Å². The molecular weight excluding hydrogens is 460 g/mol. The van der Waals surface area contributed by atoms with E-state index in [1.54, 1.807) is 30.5 Å². The molecule has 2 aromatic rings. The monoisotopic (exact) mass is 482 g/mol. The summed E-state index contributed by atoms with van der Waals surface area (Å²) in [6, 6.07) is 7.05. The van der Waals surface area contributed by atoms with Crippen molar-refractivity contribution in [2.24, 2.45) is 5.73 Å². The van der Waals surface area contributed by atoms with Crippen molar-refractivity contribution in [1.82, 2.24) is 14.7 Å². The normalized spacial score (nSPS) is 19.5. The van der Waals surface area contributed by atoms with Gasteiger partial charge in [-0.3, -0.25) is 4.79 Å². The summed E-state index contributed by atoms with van der Waals surface area (Å²) in [5, 5.41) is 6.42. The highest BCUT2D eigenvalue weighted by Crippen LogP contribution is 2.27. The Bertz CT molecular complexity index is 993. The number of nitrogens with two attached hydrogens (primary N) is 1. The standard InChI is InChI=1S/C18H23BrN6O3S/c1-29(27,28)25-12-8-6-11(7-9-12)22-18-21-10-14(19)17(24-18)23-15-5-3-2-4-13(15)16(20)26/h2-5,10-12,25H,6-9H2,1H3,(H2,20,26)(H2,21,22,23,24). The highest BCUT2D eigenvalue weighted by molar-refractivity contribution is 9.10. The molecule has 5 N–H and O–H groups in total. The van der Waals surface area contributed by atoms with E-state index >= 15 is 0 Å². The number of nitrogens with zero attached hydrogens (tertiary/aromatic N) is 2. The maximum absolute atomic E-state index is 11.6. The highest BCUT2D eigenvalue weighted by atomic mass is 79.9. The van der Waals surface area contributed by atoms with Crippen LogP contribution in [0.25, 0.3) is 0 Å². The minimum absolute atomic E-state index is 0.0311. The van der Waals surface area contributed by atoms with Gasteiger partial charge in [0.05, 0.1) is 22.0 Å². The van der Waals surface area contributed by atoms with Crippen molar-refractivity contribution in [2.45, 2.75) is 37.8 Å². The van der Waals surface area contributed by atoms with Crippen molar-refractivity contribution in [3.05, 3.63) is 40.5 Å². The van der Waals surface area contributed by atoms with Gasteiger partial charge < -0.3 is 16.4 Å². The van der Waals surface area contributed by atoms with Gasteiger partial charge in [0, 0.05) is 18.3 Å². The quantitative estimate of drug-likeness (QED) is 0.474. The number of aromatic nitrogens is 2. The van der Waals surface area contributed by atoms with Crippen LogP contribution in [0.4, 0.5) is 17.5 Å². The molecule has 9 nitrogen and oxygen atoms in total. The fourth-order valence-corrected chi connectivity index (χ4v) is 4.43. The molecule has 156 valence electrons. The molecule has 0 unspecified atom stereocenters. The van der Waals surface area contributed by atoms with Crippen LogP contribution in [0.5, 0.6) is 0 Å². The number of anilines is 3. The van der Waals surface area contributed by atoms with E-state index in [0.717, 1.165) is 25.7 Å². The number of halogens is 1. The average molecular weight is 483 g/mol. The van der Waals surface area contributed by atoms with Gasteiger partial charge in [-0.25, -0.2) is 18.1 Å². The summed E-state index contributed by atoms with van der Waals surface area (Å²) in [6.45, 7) is 0. The number of amides is 1. The molecule has 0 radical (unpaired) electrons. The minimum atomic E-state index is -3.19. The van der Waals surface area contributed by atoms with Gasteiger partial charge in [0.15, 0.2) is 0 Å². The summed E-state index contributed by atoms with van der Waals surface area (Å²) in [7, 11) is -3.19. The van der Waals surface area contributed by atoms with Gasteiger partial charge in [0.2, 0.25) is 16.0 Å². The van der Waals surface area contributed by atoms with E-state index in [1.165, 1.54) is 6.26 Å². The number of carbonyl (C=O) groups excluding carboxylic acids is 1. The van der Waals surface area contributed by atoms with E-state index < -0.39 is 15.9 Å². The van der Waals surface area contributed by atoms with Crippen LogP contribution in [0.3, 0.4) is 0 Å². The smallest absolute Gasteiger partial charge is 0.250 e. The molecule has 1 aliphatic rings. The second kappa shape index (κ2) is 9.06. The number of sulfonamides is 1. The summed E-state index contributed by atoms with van der Waals surface area (Å²) in [5.74, 6) is 0.423. The Morgan fingerprint density at radius 1 is 1.17 bits per heavy atom. The Balaban J connectivity index is 1.67. The van der Waals surface area contributed by atoms with Crippen LogP contribution in [0.2, 0.25) is 0 Å².